The third kappa shape index (κ3) is 5.17. The van der Waals surface area contributed by atoms with Crippen LogP contribution in [0.25, 0.3) is 0 Å². The lowest BCUT2D eigenvalue weighted by Gasteiger charge is -2.17. The number of carbonyl (C=O) groups excluding carboxylic acids is 2. The molecule has 0 radical (unpaired) electrons. The molecule has 0 saturated heterocycles. The number of para-hydroxylation sites is 1. The molecule has 0 unspecified atom stereocenters. The second-order valence-electron chi connectivity index (χ2n) is 6.55. The highest BCUT2D eigenvalue weighted by molar-refractivity contribution is 7.90. The first kappa shape index (κ1) is 20.6. The highest BCUT2D eigenvalue weighted by Crippen LogP contribution is 2.24. The molecule has 0 aliphatic heterocycles. The first-order valence-corrected chi connectivity index (χ1v) is 10.4. The summed E-state index contributed by atoms with van der Waals surface area (Å²) in [6.07, 6.45) is -0.0803. The van der Waals surface area contributed by atoms with E-state index in [1.807, 2.05) is 26.0 Å². The Balaban J connectivity index is 2.15. The molecule has 0 aromatic heterocycles. The van der Waals surface area contributed by atoms with Crippen molar-refractivity contribution < 1.29 is 22.7 Å². The van der Waals surface area contributed by atoms with E-state index < -0.39 is 27.8 Å². The van der Waals surface area contributed by atoms with Crippen molar-refractivity contribution in [2.45, 2.75) is 37.7 Å². The van der Waals surface area contributed by atoms with Crippen LogP contribution >= 0.6 is 0 Å². The standard InChI is InChI=1S/C20H23NO5S/c1-13(2)15-9-5-7-11-17(15)21-19(22)14(3)26-20(23)16-10-6-8-12-18(16)27(4,24)25/h5-14H,1-4H3,(H,21,22)/t14-/m0/s1. The normalized spacial score (nSPS) is 12.5. The number of ether oxygens (including phenoxy) is 1. The van der Waals surface area contributed by atoms with Crippen LogP contribution in [-0.2, 0) is 19.4 Å². The van der Waals surface area contributed by atoms with Crippen LogP contribution in [0.1, 0.15) is 42.6 Å². The SMILES string of the molecule is CC(C)c1ccccc1NC(=O)[C@H](C)OC(=O)c1ccccc1S(C)(=O)=O. The van der Waals surface area contributed by atoms with E-state index in [2.05, 4.69) is 5.32 Å². The molecule has 0 aliphatic rings. The molecule has 2 rings (SSSR count). The Bertz CT molecular complexity index is 950. The quantitative estimate of drug-likeness (QED) is 0.765. The third-order valence-corrected chi connectivity index (χ3v) is 5.16. The van der Waals surface area contributed by atoms with E-state index in [1.165, 1.54) is 31.2 Å². The summed E-state index contributed by atoms with van der Waals surface area (Å²) in [5.41, 5.74) is 1.52. The van der Waals surface area contributed by atoms with Crippen molar-refractivity contribution in [1.82, 2.24) is 0 Å². The first-order valence-electron chi connectivity index (χ1n) is 8.51. The van der Waals surface area contributed by atoms with E-state index in [0.717, 1.165) is 11.8 Å². The molecule has 0 spiro atoms. The minimum absolute atomic E-state index is 0.0952. The average Bonchev–Trinajstić information content (AvgIpc) is 2.61. The van der Waals surface area contributed by atoms with Crippen LogP contribution in [0.4, 0.5) is 5.69 Å². The minimum Gasteiger partial charge on any atom is -0.449 e. The molecule has 1 atom stereocenters. The van der Waals surface area contributed by atoms with Gasteiger partial charge in [-0.1, -0.05) is 44.2 Å². The Labute approximate surface area is 159 Å². The lowest BCUT2D eigenvalue weighted by molar-refractivity contribution is -0.123. The largest absolute Gasteiger partial charge is 0.449 e. The summed E-state index contributed by atoms with van der Waals surface area (Å²) < 4.78 is 28.9. The predicted octanol–water partition coefficient (Wildman–Crippen LogP) is 3.40. The number of carbonyl (C=O) groups is 2. The van der Waals surface area contributed by atoms with Gasteiger partial charge in [0.2, 0.25) is 0 Å². The number of hydrogen-bond acceptors (Lipinski definition) is 5. The summed E-state index contributed by atoms with van der Waals surface area (Å²) in [7, 11) is -3.60. The molecule has 0 aliphatic carbocycles. The van der Waals surface area contributed by atoms with Gasteiger partial charge in [-0.15, -0.1) is 0 Å². The molecule has 2 aromatic carbocycles. The Morgan fingerprint density at radius 2 is 1.56 bits per heavy atom. The number of benzene rings is 2. The molecule has 0 saturated carbocycles. The van der Waals surface area contributed by atoms with E-state index in [0.29, 0.717) is 5.69 Å². The van der Waals surface area contributed by atoms with Crippen molar-refractivity contribution in [1.29, 1.82) is 0 Å². The maximum absolute atomic E-state index is 12.4. The van der Waals surface area contributed by atoms with Crippen LogP contribution in [0.3, 0.4) is 0 Å². The fourth-order valence-corrected chi connectivity index (χ4v) is 3.46. The van der Waals surface area contributed by atoms with Crippen LogP contribution < -0.4 is 5.32 Å². The smallest absolute Gasteiger partial charge is 0.340 e. The molecular formula is C20H23NO5S. The van der Waals surface area contributed by atoms with Gasteiger partial charge in [-0.05, 0) is 36.6 Å². The lowest BCUT2D eigenvalue weighted by atomic mass is 10.0. The van der Waals surface area contributed by atoms with Crippen LogP contribution in [0, 0.1) is 0 Å². The monoisotopic (exact) mass is 389 g/mol. The van der Waals surface area contributed by atoms with E-state index >= 15 is 0 Å². The topological polar surface area (TPSA) is 89.5 Å². The van der Waals surface area contributed by atoms with Gasteiger partial charge in [0.05, 0.1) is 10.5 Å². The van der Waals surface area contributed by atoms with Gasteiger partial charge in [-0.3, -0.25) is 4.79 Å². The highest BCUT2D eigenvalue weighted by Gasteiger charge is 2.24. The van der Waals surface area contributed by atoms with Crippen molar-refractivity contribution in [3.63, 3.8) is 0 Å². The second-order valence-corrected chi connectivity index (χ2v) is 8.53. The number of rotatable bonds is 6. The zero-order valence-electron chi connectivity index (χ0n) is 15.7. The van der Waals surface area contributed by atoms with Gasteiger partial charge in [-0.25, -0.2) is 13.2 Å². The van der Waals surface area contributed by atoms with Crippen LogP contribution in [0.2, 0.25) is 0 Å². The van der Waals surface area contributed by atoms with E-state index in [1.54, 1.807) is 12.1 Å². The Kier molecular flexibility index (Phi) is 6.38. The lowest BCUT2D eigenvalue weighted by Crippen LogP contribution is -2.30. The predicted molar refractivity (Wildman–Crippen MR) is 104 cm³/mol. The molecular weight excluding hydrogens is 366 g/mol. The molecule has 2 aromatic rings. The van der Waals surface area contributed by atoms with E-state index in [4.69, 9.17) is 4.74 Å². The number of amides is 1. The van der Waals surface area contributed by atoms with Gasteiger partial charge in [0, 0.05) is 11.9 Å². The first-order chi connectivity index (χ1) is 12.6. The summed E-state index contributed by atoms with van der Waals surface area (Å²) in [6.45, 7) is 5.46. The van der Waals surface area contributed by atoms with Gasteiger partial charge < -0.3 is 10.1 Å². The highest BCUT2D eigenvalue weighted by atomic mass is 32.2. The number of anilines is 1. The molecule has 144 valence electrons. The summed E-state index contributed by atoms with van der Waals surface area (Å²) >= 11 is 0. The molecule has 0 heterocycles. The Morgan fingerprint density at radius 1 is 0.963 bits per heavy atom. The zero-order chi connectivity index (χ0) is 20.2. The van der Waals surface area contributed by atoms with Crippen LogP contribution in [0.15, 0.2) is 53.4 Å². The number of sulfone groups is 1. The minimum atomic E-state index is -3.60. The average molecular weight is 389 g/mol. The Morgan fingerprint density at radius 3 is 2.19 bits per heavy atom. The molecule has 0 bridgehead atoms. The van der Waals surface area contributed by atoms with E-state index in [9.17, 15) is 18.0 Å². The van der Waals surface area contributed by atoms with Gasteiger partial charge in [0.15, 0.2) is 15.9 Å². The molecule has 1 N–H and O–H groups in total. The molecule has 6 nitrogen and oxygen atoms in total. The molecule has 0 fully saturated rings. The summed E-state index contributed by atoms with van der Waals surface area (Å²) in [5, 5.41) is 2.76. The van der Waals surface area contributed by atoms with Gasteiger partial charge in [0.25, 0.3) is 5.91 Å². The number of esters is 1. The van der Waals surface area contributed by atoms with Crippen molar-refractivity contribution in [3.05, 3.63) is 59.7 Å². The van der Waals surface area contributed by atoms with Gasteiger partial charge in [0.1, 0.15) is 0 Å². The zero-order valence-corrected chi connectivity index (χ0v) is 16.5. The van der Waals surface area contributed by atoms with E-state index in [-0.39, 0.29) is 16.4 Å². The third-order valence-electron chi connectivity index (χ3n) is 4.00. The molecule has 27 heavy (non-hydrogen) atoms. The summed E-state index contributed by atoms with van der Waals surface area (Å²) in [4.78, 5) is 24.7. The van der Waals surface area contributed by atoms with Crippen molar-refractivity contribution >= 4 is 27.4 Å². The number of nitrogens with one attached hydrogen (secondary N) is 1. The Hall–Kier alpha value is -2.67. The fourth-order valence-electron chi connectivity index (χ4n) is 2.58. The van der Waals surface area contributed by atoms with Crippen molar-refractivity contribution in [2.24, 2.45) is 0 Å². The summed E-state index contributed by atoms with van der Waals surface area (Å²) in [6, 6.07) is 13.1. The molecule has 1 amide bonds. The number of hydrogen-bond donors (Lipinski definition) is 1. The van der Waals surface area contributed by atoms with Gasteiger partial charge in [-0.2, -0.15) is 0 Å². The van der Waals surface area contributed by atoms with Crippen LogP contribution in [0.5, 0.6) is 0 Å². The fraction of sp³-hybridized carbons (Fsp3) is 0.300. The van der Waals surface area contributed by atoms with Crippen molar-refractivity contribution in [3.8, 4) is 0 Å². The van der Waals surface area contributed by atoms with Crippen molar-refractivity contribution in [2.75, 3.05) is 11.6 Å². The maximum Gasteiger partial charge on any atom is 0.340 e. The van der Waals surface area contributed by atoms with Crippen LogP contribution in [-0.4, -0.2) is 32.7 Å². The summed E-state index contributed by atoms with van der Waals surface area (Å²) in [5.74, 6) is -1.15. The molecule has 7 heteroatoms. The van der Waals surface area contributed by atoms with Gasteiger partial charge >= 0.3 is 5.97 Å². The maximum atomic E-state index is 12.4. The second kappa shape index (κ2) is 8.35.